The smallest absolute Gasteiger partial charge is 0.154 e. The van der Waals surface area contributed by atoms with Gasteiger partial charge in [0, 0.05) is 18.5 Å². The summed E-state index contributed by atoms with van der Waals surface area (Å²) in [6, 6.07) is 1.89. The highest BCUT2D eigenvalue weighted by molar-refractivity contribution is 4.96. The van der Waals surface area contributed by atoms with E-state index in [-0.39, 0.29) is 0 Å². The van der Waals surface area contributed by atoms with Crippen molar-refractivity contribution in [3.63, 3.8) is 0 Å². The molecule has 2 aliphatic heterocycles. The van der Waals surface area contributed by atoms with E-state index in [0.717, 1.165) is 12.1 Å². The van der Waals surface area contributed by atoms with E-state index in [9.17, 15) is 0 Å². The van der Waals surface area contributed by atoms with Crippen LogP contribution in [-0.2, 0) is 0 Å². The van der Waals surface area contributed by atoms with Crippen LogP contribution in [0.25, 0.3) is 0 Å². The molecule has 13 heavy (non-hydrogen) atoms. The molecule has 0 saturated carbocycles. The number of likely N-dealkylation sites (tertiary alicyclic amines) is 1. The SMILES string of the molecule is CC(C)(C)N1CCC2C(C1)[N+]2(C)C. The van der Waals surface area contributed by atoms with Crippen LogP contribution in [0.5, 0.6) is 0 Å². The van der Waals surface area contributed by atoms with E-state index in [2.05, 4.69) is 39.8 Å². The Morgan fingerprint density at radius 2 is 1.77 bits per heavy atom. The number of hydrogen-bond donors (Lipinski definition) is 0. The van der Waals surface area contributed by atoms with Crippen molar-refractivity contribution in [2.45, 2.75) is 44.8 Å². The summed E-state index contributed by atoms with van der Waals surface area (Å²) in [4.78, 5) is 2.64. The van der Waals surface area contributed by atoms with Gasteiger partial charge in [0.25, 0.3) is 0 Å². The number of fused-ring (bicyclic) bond motifs is 1. The maximum absolute atomic E-state index is 2.64. The first-order valence-corrected chi connectivity index (χ1v) is 5.42. The Morgan fingerprint density at radius 3 is 2.23 bits per heavy atom. The van der Waals surface area contributed by atoms with Gasteiger partial charge in [-0.05, 0) is 20.8 Å². The molecule has 2 fully saturated rings. The molecular formula is C11H23N2+. The van der Waals surface area contributed by atoms with Crippen LogP contribution in [0.3, 0.4) is 0 Å². The van der Waals surface area contributed by atoms with Crippen LogP contribution in [-0.4, -0.2) is 54.2 Å². The molecule has 0 spiro atoms. The predicted molar refractivity (Wildman–Crippen MR) is 55.6 cm³/mol. The van der Waals surface area contributed by atoms with Crippen LogP contribution in [0.1, 0.15) is 27.2 Å². The van der Waals surface area contributed by atoms with Crippen molar-refractivity contribution in [3.8, 4) is 0 Å². The summed E-state index contributed by atoms with van der Waals surface area (Å²) in [5.74, 6) is 0. The normalized spacial score (nSPS) is 38.5. The predicted octanol–water partition coefficient (Wildman–Crippen LogP) is 1.32. The molecule has 0 N–H and O–H groups in total. The molecule has 0 aliphatic carbocycles. The summed E-state index contributed by atoms with van der Waals surface area (Å²) in [5, 5.41) is 0. The third-order valence-electron chi connectivity index (χ3n) is 4.11. The highest BCUT2D eigenvalue weighted by Crippen LogP contribution is 2.42. The second-order valence-electron chi connectivity index (χ2n) is 6.17. The van der Waals surface area contributed by atoms with Crippen molar-refractivity contribution in [3.05, 3.63) is 0 Å². The number of hydrogen-bond acceptors (Lipinski definition) is 1. The van der Waals surface area contributed by atoms with Gasteiger partial charge in [-0.3, -0.25) is 4.90 Å². The second kappa shape index (κ2) is 2.48. The van der Waals surface area contributed by atoms with E-state index in [1.807, 2.05) is 0 Å². The monoisotopic (exact) mass is 183 g/mol. The maximum Gasteiger partial charge on any atom is 0.154 e. The van der Waals surface area contributed by atoms with Gasteiger partial charge in [-0.25, -0.2) is 0 Å². The van der Waals surface area contributed by atoms with E-state index < -0.39 is 0 Å². The molecule has 2 heterocycles. The van der Waals surface area contributed by atoms with Crippen LogP contribution in [0, 0.1) is 0 Å². The third-order valence-corrected chi connectivity index (χ3v) is 4.11. The standard InChI is InChI=1S/C11H23N2/c1-11(2,3)12-7-6-9-10(8-12)13(9,4)5/h9-10H,6-8H2,1-5H3/q+1. The minimum absolute atomic E-state index is 0.369. The molecule has 2 saturated heterocycles. The first-order valence-electron chi connectivity index (χ1n) is 5.42. The Morgan fingerprint density at radius 1 is 1.15 bits per heavy atom. The molecule has 0 radical (unpaired) electrons. The summed E-state index contributed by atoms with van der Waals surface area (Å²) < 4.78 is 1.27. The summed E-state index contributed by atoms with van der Waals surface area (Å²) in [6.07, 6.45) is 1.40. The first-order chi connectivity index (χ1) is 5.83. The van der Waals surface area contributed by atoms with Gasteiger partial charge in [-0.1, -0.05) is 0 Å². The van der Waals surface area contributed by atoms with Crippen molar-refractivity contribution >= 4 is 0 Å². The van der Waals surface area contributed by atoms with Gasteiger partial charge in [0.2, 0.25) is 0 Å². The molecule has 0 aromatic heterocycles. The number of likely N-dealkylation sites (N-methyl/N-ethyl adjacent to an activating group) is 1. The zero-order valence-electron chi connectivity index (χ0n) is 9.67. The molecule has 2 rings (SSSR count). The van der Waals surface area contributed by atoms with E-state index in [1.165, 1.54) is 24.0 Å². The van der Waals surface area contributed by atoms with Crippen LogP contribution in [0.15, 0.2) is 0 Å². The fourth-order valence-corrected chi connectivity index (χ4v) is 2.82. The van der Waals surface area contributed by atoms with Crippen molar-refractivity contribution in [2.75, 3.05) is 27.2 Å². The van der Waals surface area contributed by atoms with E-state index >= 15 is 0 Å². The van der Waals surface area contributed by atoms with Crippen molar-refractivity contribution in [1.82, 2.24) is 4.90 Å². The van der Waals surface area contributed by atoms with Gasteiger partial charge in [0.15, 0.2) is 6.04 Å². The minimum Gasteiger partial charge on any atom is -0.313 e. The largest absolute Gasteiger partial charge is 0.313 e. The van der Waals surface area contributed by atoms with Crippen molar-refractivity contribution in [1.29, 1.82) is 0 Å². The Labute approximate surface area is 82.1 Å². The molecule has 0 bridgehead atoms. The van der Waals surface area contributed by atoms with Crippen LogP contribution < -0.4 is 0 Å². The highest BCUT2D eigenvalue weighted by Gasteiger charge is 2.62. The van der Waals surface area contributed by atoms with Gasteiger partial charge in [-0.2, -0.15) is 0 Å². The fraction of sp³-hybridized carbons (Fsp3) is 1.00. The molecule has 2 atom stereocenters. The summed E-state index contributed by atoms with van der Waals surface area (Å²) in [6.45, 7) is 9.59. The molecule has 0 aromatic rings. The third kappa shape index (κ3) is 1.40. The molecular weight excluding hydrogens is 160 g/mol. The zero-order chi connectivity index (χ0) is 9.85. The Kier molecular flexibility index (Phi) is 1.81. The van der Waals surface area contributed by atoms with Crippen LogP contribution in [0.2, 0.25) is 0 Å². The fourth-order valence-electron chi connectivity index (χ4n) is 2.82. The molecule has 2 aliphatic rings. The summed E-state index contributed by atoms with van der Waals surface area (Å²) >= 11 is 0. The van der Waals surface area contributed by atoms with Gasteiger partial charge in [0.1, 0.15) is 6.04 Å². The number of piperidine rings is 1. The van der Waals surface area contributed by atoms with Crippen LogP contribution >= 0.6 is 0 Å². The topological polar surface area (TPSA) is 3.24 Å². The van der Waals surface area contributed by atoms with Gasteiger partial charge in [0.05, 0.1) is 20.6 Å². The Hall–Kier alpha value is -0.0800. The molecule has 0 aromatic carbocycles. The molecule has 2 nitrogen and oxygen atoms in total. The summed E-state index contributed by atoms with van der Waals surface area (Å²) in [5.41, 5.74) is 0.369. The van der Waals surface area contributed by atoms with Crippen molar-refractivity contribution in [2.24, 2.45) is 0 Å². The van der Waals surface area contributed by atoms with Gasteiger partial charge >= 0.3 is 0 Å². The lowest BCUT2D eigenvalue weighted by Crippen LogP contribution is -2.47. The minimum atomic E-state index is 0.369. The molecule has 2 unspecified atom stereocenters. The highest BCUT2D eigenvalue weighted by atomic mass is 15.5. The maximum atomic E-state index is 2.64. The number of rotatable bonds is 0. The lowest BCUT2D eigenvalue weighted by molar-refractivity contribution is -0.782. The average Bonchev–Trinajstić information content (AvgIpc) is 2.53. The molecule has 0 amide bonds. The van der Waals surface area contributed by atoms with Crippen LogP contribution in [0.4, 0.5) is 0 Å². The lowest BCUT2D eigenvalue weighted by atomic mass is 10.0. The number of nitrogens with zero attached hydrogens (tertiary/aromatic N) is 2. The first kappa shape index (κ1) is 9.47. The number of quaternary nitrogens is 1. The Bertz CT molecular complexity index is 215. The quantitative estimate of drug-likeness (QED) is 0.404. The van der Waals surface area contributed by atoms with Crippen molar-refractivity contribution < 1.29 is 4.48 Å². The lowest BCUT2D eigenvalue weighted by Gasteiger charge is -2.36. The van der Waals surface area contributed by atoms with E-state index in [4.69, 9.17) is 0 Å². The molecule has 76 valence electrons. The second-order valence-corrected chi connectivity index (χ2v) is 6.17. The molecule has 2 heteroatoms. The van der Waals surface area contributed by atoms with Gasteiger partial charge in [-0.15, -0.1) is 0 Å². The van der Waals surface area contributed by atoms with Gasteiger partial charge < -0.3 is 4.48 Å². The van der Waals surface area contributed by atoms with E-state index in [0.29, 0.717) is 5.54 Å². The average molecular weight is 183 g/mol. The Balaban J connectivity index is 2.01. The van der Waals surface area contributed by atoms with E-state index in [1.54, 1.807) is 0 Å². The zero-order valence-corrected chi connectivity index (χ0v) is 9.67. The summed E-state index contributed by atoms with van der Waals surface area (Å²) in [7, 11) is 4.75.